The van der Waals surface area contributed by atoms with Gasteiger partial charge in [-0.2, -0.15) is 0 Å². The van der Waals surface area contributed by atoms with E-state index >= 15 is 0 Å². The summed E-state index contributed by atoms with van der Waals surface area (Å²) in [7, 11) is 0. The lowest BCUT2D eigenvalue weighted by molar-refractivity contribution is 0.673. The largest absolute Gasteiger partial charge is 0.455 e. The van der Waals surface area contributed by atoms with E-state index in [4.69, 9.17) is 4.42 Å². The summed E-state index contributed by atoms with van der Waals surface area (Å²) in [5.41, 5.74) is 5.37. The van der Waals surface area contributed by atoms with E-state index in [-0.39, 0.29) is 0 Å². The molecule has 3 nitrogen and oxygen atoms in total. The van der Waals surface area contributed by atoms with Crippen molar-refractivity contribution in [1.29, 1.82) is 0 Å². The van der Waals surface area contributed by atoms with Crippen LogP contribution >= 0.6 is 11.3 Å². The van der Waals surface area contributed by atoms with Crippen LogP contribution in [0.15, 0.2) is 102 Å². The molecule has 4 aromatic heterocycles. The van der Waals surface area contributed by atoms with Gasteiger partial charge in [-0.1, -0.05) is 54.6 Å². The summed E-state index contributed by atoms with van der Waals surface area (Å²) in [6.45, 7) is 0. The van der Waals surface area contributed by atoms with E-state index in [9.17, 15) is 0 Å². The zero-order valence-corrected chi connectivity index (χ0v) is 18.3. The number of fused-ring (bicyclic) bond motifs is 12. The summed E-state index contributed by atoms with van der Waals surface area (Å²) in [6.07, 6.45) is 3.72. The molecule has 4 heterocycles. The molecule has 154 valence electrons. The van der Waals surface area contributed by atoms with Crippen molar-refractivity contribution in [1.82, 2.24) is 9.55 Å². The Morgan fingerprint density at radius 3 is 2.27 bits per heavy atom. The number of rotatable bonds is 1. The zero-order valence-electron chi connectivity index (χ0n) is 17.4. The van der Waals surface area contributed by atoms with E-state index in [2.05, 4.69) is 88.4 Å². The first-order valence-electron chi connectivity index (χ1n) is 11.0. The molecular weight excluding hydrogens is 424 g/mol. The van der Waals surface area contributed by atoms with Gasteiger partial charge in [-0.05, 0) is 30.3 Å². The molecule has 0 saturated carbocycles. The summed E-state index contributed by atoms with van der Waals surface area (Å²) < 4.78 is 11.6. The number of thiophene rings is 1. The van der Waals surface area contributed by atoms with Crippen molar-refractivity contribution in [3.05, 3.63) is 97.3 Å². The Bertz CT molecular complexity index is 2030. The number of hydrogen-bond donors (Lipinski definition) is 0. The highest BCUT2D eigenvalue weighted by atomic mass is 32.1. The molecule has 0 atom stereocenters. The predicted octanol–water partition coefficient (Wildman–Crippen LogP) is 8.45. The van der Waals surface area contributed by atoms with Gasteiger partial charge in [-0.3, -0.25) is 4.98 Å². The Kier molecular flexibility index (Phi) is 3.28. The highest BCUT2D eigenvalue weighted by molar-refractivity contribution is 7.27. The van der Waals surface area contributed by atoms with Gasteiger partial charge in [0.2, 0.25) is 0 Å². The van der Waals surface area contributed by atoms with Crippen molar-refractivity contribution < 1.29 is 4.42 Å². The predicted molar refractivity (Wildman–Crippen MR) is 139 cm³/mol. The lowest BCUT2D eigenvalue weighted by Crippen LogP contribution is -1.93. The van der Waals surface area contributed by atoms with Crippen LogP contribution in [0.3, 0.4) is 0 Å². The third-order valence-electron chi connectivity index (χ3n) is 6.68. The van der Waals surface area contributed by atoms with E-state index < -0.39 is 0 Å². The molecule has 0 amide bonds. The van der Waals surface area contributed by atoms with Crippen LogP contribution in [0.5, 0.6) is 0 Å². The van der Waals surface area contributed by atoms with Gasteiger partial charge in [0.15, 0.2) is 0 Å². The molecule has 8 aromatic rings. The second-order valence-corrected chi connectivity index (χ2v) is 9.44. The van der Waals surface area contributed by atoms with Crippen LogP contribution in [0, 0.1) is 0 Å². The molecule has 8 rings (SSSR count). The van der Waals surface area contributed by atoms with Gasteiger partial charge in [-0.25, -0.2) is 0 Å². The van der Waals surface area contributed by atoms with Crippen molar-refractivity contribution >= 4 is 75.3 Å². The molecular formula is C29H16N2OS. The third-order valence-corrected chi connectivity index (χ3v) is 7.86. The summed E-state index contributed by atoms with van der Waals surface area (Å²) in [6, 6.07) is 29.9. The topological polar surface area (TPSA) is 31.0 Å². The fourth-order valence-corrected chi connectivity index (χ4v) is 6.63. The lowest BCUT2D eigenvalue weighted by atomic mass is 10.0. The van der Waals surface area contributed by atoms with Crippen molar-refractivity contribution in [2.45, 2.75) is 0 Å². The average molecular weight is 441 g/mol. The van der Waals surface area contributed by atoms with Gasteiger partial charge in [-0.15, -0.1) is 11.3 Å². The van der Waals surface area contributed by atoms with Gasteiger partial charge < -0.3 is 8.98 Å². The van der Waals surface area contributed by atoms with Crippen LogP contribution in [0.2, 0.25) is 0 Å². The molecule has 0 saturated heterocycles. The molecule has 0 bridgehead atoms. The quantitative estimate of drug-likeness (QED) is 0.256. The van der Waals surface area contributed by atoms with E-state index in [1.807, 2.05) is 29.8 Å². The number of pyridine rings is 1. The van der Waals surface area contributed by atoms with E-state index in [1.165, 1.54) is 52.8 Å². The van der Waals surface area contributed by atoms with Crippen LogP contribution in [0.4, 0.5) is 0 Å². The molecule has 0 N–H and O–H groups in total. The van der Waals surface area contributed by atoms with E-state index in [0.29, 0.717) is 0 Å². The number of aromatic nitrogens is 2. The maximum atomic E-state index is 6.63. The first-order valence-corrected chi connectivity index (χ1v) is 11.8. The van der Waals surface area contributed by atoms with Crippen molar-refractivity contribution in [3.8, 4) is 5.69 Å². The molecule has 0 radical (unpaired) electrons. The molecule has 0 aliphatic carbocycles. The van der Waals surface area contributed by atoms with Crippen LogP contribution < -0.4 is 0 Å². The molecule has 4 heteroatoms. The van der Waals surface area contributed by atoms with Gasteiger partial charge in [0.05, 0.1) is 21.1 Å². The smallest absolute Gasteiger partial charge is 0.146 e. The lowest BCUT2D eigenvalue weighted by Gasteiger charge is -2.08. The zero-order chi connectivity index (χ0) is 21.5. The Morgan fingerprint density at radius 2 is 1.39 bits per heavy atom. The van der Waals surface area contributed by atoms with Gasteiger partial charge in [0.1, 0.15) is 11.2 Å². The van der Waals surface area contributed by atoms with Crippen LogP contribution in [-0.2, 0) is 0 Å². The number of furan rings is 1. The highest BCUT2D eigenvalue weighted by Gasteiger charge is 2.24. The Labute approximate surface area is 192 Å². The fourth-order valence-electron chi connectivity index (χ4n) is 5.38. The molecule has 0 spiro atoms. The normalized spacial score (nSPS) is 12.2. The Hall–Kier alpha value is -4.15. The summed E-state index contributed by atoms with van der Waals surface area (Å²) in [4.78, 5) is 4.26. The molecule has 33 heavy (non-hydrogen) atoms. The van der Waals surface area contributed by atoms with Crippen molar-refractivity contribution in [3.63, 3.8) is 0 Å². The highest BCUT2D eigenvalue weighted by Crippen LogP contribution is 2.50. The monoisotopic (exact) mass is 440 g/mol. The molecule has 0 fully saturated rings. The second kappa shape index (κ2) is 6.21. The van der Waals surface area contributed by atoms with Crippen LogP contribution in [-0.4, -0.2) is 9.55 Å². The fraction of sp³-hybridized carbons (Fsp3) is 0. The first kappa shape index (κ1) is 17.4. The summed E-state index contributed by atoms with van der Waals surface area (Å²) in [5.74, 6) is 0. The van der Waals surface area contributed by atoms with Crippen molar-refractivity contribution in [2.24, 2.45) is 0 Å². The Balaban J connectivity index is 1.80. The number of hydrogen-bond acceptors (Lipinski definition) is 3. The van der Waals surface area contributed by atoms with E-state index in [1.54, 1.807) is 0 Å². The van der Waals surface area contributed by atoms with Crippen molar-refractivity contribution in [2.75, 3.05) is 0 Å². The number of para-hydroxylation sites is 2. The third kappa shape index (κ3) is 2.16. The van der Waals surface area contributed by atoms with E-state index in [0.717, 1.165) is 16.9 Å². The standard InChI is InChI=1S/C29H16N2OS/c1-4-10-21-18(7-1)26-27(31(21)17-13-15-30-16-14-17)29-25(20-9-3-6-12-23(20)33-29)24-19-8-2-5-11-22(19)32-28(24)26/h1-16H. The summed E-state index contributed by atoms with van der Waals surface area (Å²) >= 11 is 1.86. The molecule has 4 aromatic carbocycles. The summed E-state index contributed by atoms with van der Waals surface area (Å²) in [5, 5.41) is 7.32. The Morgan fingerprint density at radius 1 is 0.667 bits per heavy atom. The minimum atomic E-state index is 0.928. The second-order valence-electron chi connectivity index (χ2n) is 8.39. The van der Waals surface area contributed by atoms with Gasteiger partial charge >= 0.3 is 0 Å². The molecule has 0 unspecified atom stereocenters. The minimum Gasteiger partial charge on any atom is -0.455 e. The van der Waals surface area contributed by atoms with Crippen LogP contribution in [0.25, 0.3) is 69.6 Å². The maximum Gasteiger partial charge on any atom is 0.146 e. The van der Waals surface area contributed by atoms with Crippen LogP contribution in [0.1, 0.15) is 0 Å². The average Bonchev–Trinajstić information content (AvgIpc) is 3.53. The molecule has 0 aliphatic heterocycles. The SMILES string of the molecule is c1ccc2c(c1)oc1c2c2c3ccccc3sc2c2c1c1ccccc1n2-c1ccncc1. The van der Waals surface area contributed by atoms with Gasteiger partial charge in [0.25, 0.3) is 0 Å². The maximum absolute atomic E-state index is 6.63. The molecule has 0 aliphatic rings. The number of benzene rings is 4. The first-order chi connectivity index (χ1) is 16.4. The minimum absolute atomic E-state index is 0.928. The van der Waals surface area contributed by atoms with Gasteiger partial charge in [0, 0.05) is 49.7 Å². The number of nitrogens with zero attached hydrogens (tertiary/aromatic N) is 2.